The molecule has 0 saturated carbocycles. The van der Waals surface area contributed by atoms with Crippen LogP contribution in [0.4, 0.5) is 18.6 Å². The molecule has 0 saturated heterocycles. The first-order chi connectivity index (χ1) is 8.86. The molecule has 1 heterocycles. The van der Waals surface area contributed by atoms with Gasteiger partial charge in [0.25, 0.3) is 5.69 Å². The third kappa shape index (κ3) is 4.38. The maximum Gasteiger partial charge on any atom is 1.00 e. The Balaban J connectivity index is 0.00000200. The first kappa shape index (κ1) is 17.3. The van der Waals surface area contributed by atoms with E-state index in [9.17, 15) is 23.1 Å². The second-order valence-electron chi connectivity index (χ2n) is 3.84. The number of hydrogen-bond donors (Lipinski definition) is 0. The molecule has 0 atom stereocenters. The largest absolute Gasteiger partial charge is 1.00 e. The second kappa shape index (κ2) is 6.81. The molecule has 11 heteroatoms. The topological polar surface area (TPSA) is 73.8 Å². The van der Waals surface area contributed by atoms with Gasteiger partial charge in [0.1, 0.15) is 0 Å². The Morgan fingerprint density at radius 3 is 2.30 bits per heavy atom. The standard InChI is InChI=1S/C9H7BF3N4O2.K/c11-10(12,13)9-6-16(15-14-9)5-7-1-3-8(4-2-7)17(18)19;/h1-4,6H,5H2;/q-1;+1. The number of nitrogens with zero attached hydrogens (tertiary/aromatic N) is 4. The van der Waals surface area contributed by atoms with Gasteiger partial charge in [-0.3, -0.25) is 14.8 Å². The fourth-order valence-electron chi connectivity index (χ4n) is 1.45. The van der Waals surface area contributed by atoms with Gasteiger partial charge in [-0.1, -0.05) is 17.3 Å². The van der Waals surface area contributed by atoms with Crippen molar-refractivity contribution in [3.8, 4) is 0 Å². The monoisotopic (exact) mass is 310 g/mol. The molecule has 0 aliphatic rings. The minimum atomic E-state index is -5.17. The van der Waals surface area contributed by atoms with E-state index in [4.69, 9.17) is 0 Å². The zero-order chi connectivity index (χ0) is 14.0. The van der Waals surface area contributed by atoms with Crippen molar-refractivity contribution >= 4 is 18.3 Å². The van der Waals surface area contributed by atoms with E-state index in [0.29, 0.717) is 5.56 Å². The third-order valence-corrected chi connectivity index (χ3v) is 2.38. The summed E-state index contributed by atoms with van der Waals surface area (Å²) in [6.45, 7) is -5.10. The van der Waals surface area contributed by atoms with Crippen molar-refractivity contribution in [3.05, 3.63) is 46.1 Å². The predicted octanol–water partition coefficient (Wildman–Crippen LogP) is -1.71. The van der Waals surface area contributed by atoms with Crippen LogP contribution in [0.3, 0.4) is 0 Å². The maximum atomic E-state index is 12.4. The maximum absolute atomic E-state index is 12.4. The molecular weight excluding hydrogens is 303 g/mol. The van der Waals surface area contributed by atoms with Crippen LogP contribution in [0, 0.1) is 10.1 Å². The van der Waals surface area contributed by atoms with Gasteiger partial charge in [-0.15, -0.1) is 0 Å². The van der Waals surface area contributed by atoms with E-state index in [1.165, 1.54) is 24.3 Å². The fraction of sp³-hybridized carbons (Fsp3) is 0.111. The fourth-order valence-corrected chi connectivity index (χ4v) is 1.45. The summed E-state index contributed by atoms with van der Waals surface area (Å²) in [6.07, 6.45) is 0.807. The Morgan fingerprint density at radius 2 is 1.85 bits per heavy atom. The number of halogens is 3. The van der Waals surface area contributed by atoms with E-state index >= 15 is 0 Å². The molecule has 6 nitrogen and oxygen atoms in total. The minimum Gasteiger partial charge on any atom is -0.444 e. The molecule has 0 amide bonds. The zero-order valence-electron chi connectivity index (χ0n) is 10.4. The molecule has 1 aromatic carbocycles. The summed E-state index contributed by atoms with van der Waals surface area (Å²) in [5, 5.41) is 16.8. The third-order valence-electron chi connectivity index (χ3n) is 2.38. The van der Waals surface area contributed by atoms with Gasteiger partial charge in [0.15, 0.2) is 0 Å². The Kier molecular flexibility index (Phi) is 5.89. The van der Waals surface area contributed by atoms with Gasteiger partial charge in [0, 0.05) is 23.9 Å². The molecule has 0 N–H and O–H groups in total. The molecule has 0 aliphatic heterocycles. The van der Waals surface area contributed by atoms with Gasteiger partial charge in [-0.25, -0.2) is 0 Å². The van der Waals surface area contributed by atoms with E-state index in [1.807, 2.05) is 0 Å². The molecule has 0 radical (unpaired) electrons. The summed E-state index contributed by atoms with van der Waals surface area (Å²) in [4.78, 5) is 9.89. The summed E-state index contributed by atoms with van der Waals surface area (Å²) in [5.74, 6) is 0. The second-order valence-corrected chi connectivity index (χ2v) is 3.84. The quantitative estimate of drug-likeness (QED) is 0.383. The first-order valence-corrected chi connectivity index (χ1v) is 5.19. The summed E-state index contributed by atoms with van der Waals surface area (Å²) in [6, 6.07) is 5.47. The van der Waals surface area contributed by atoms with Crippen molar-refractivity contribution in [2.45, 2.75) is 6.54 Å². The number of non-ortho nitro benzene ring substituents is 1. The zero-order valence-corrected chi connectivity index (χ0v) is 13.5. The first-order valence-electron chi connectivity index (χ1n) is 5.19. The Bertz CT molecular complexity index is 602. The van der Waals surface area contributed by atoms with Crippen molar-refractivity contribution in [3.63, 3.8) is 0 Å². The van der Waals surface area contributed by atoms with Crippen molar-refractivity contribution in [1.29, 1.82) is 0 Å². The van der Waals surface area contributed by atoms with Gasteiger partial charge in [0.05, 0.1) is 11.5 Å². The van der Waals surface area contributed by atoms with E-state index in [2.05, 4.69) is 10.3 Å². The summed E-state index contributed by atoms with van der Waals surface area (Å²) in [7, 11) is 0. The number of nitro groups is 1. The van der Waals surface area contributed by atoms with Crippen molar-refractivity contribution in [2.24, 2.45) is 0 Å². The molecular formula is C9H7BF3KN4O2. The minimum absolute atomic E-state index is 0. The van der Waals surface area contributed by atoms with Crippen LogP contribution >= 0.6 is 0 Å². The molecule has 20 heavy (non-hydrogen) atoms. The van der Waals surface area contributed by atoms with E-state index in [1.54, 1.807) is 0 Å². The average molecular weight is 310 g/mol. The number of nitro benzene ring substituents is 1. The molecule has 0 aliphatic carbocycles. The van der Waals surface area contributed by atoms with Crippen LogP contribution in [0.25, 0.3) is 0 Å². The van der Waals surface area contributed by atoms with E-state index < -0.39 is 17.5 Å². The molecule has 0 bridgehead atoms. The van der Waals surface area contributed by atoms with E-state index in [-0.39, 0.29) is 63.6 Å². The molecule has 100 valence electrons. The van der Waals surface area contributed by atoms with Gasteiger partial charge in [0.2, 0.25) is 0 Å². The number of rotatable bonds is 4. The molecule has 2 aromatic rings. The van der Waals surface area contributed by atoms with Crippen LogP contribution in [-0.4, -0.2) is 26.9 Å². The van der Waals surface area contributed by atoms with Gasteiger partial charge >= 0.3 is 58.4 Å². The van der Waals surface area contributed by atoms with Crippen LogP contribution in [0.2, 0.25) is 0 Å². The Hall–Kier alpha value is -0.749. The van der Waals surface area contributed by atoms with Crippen molar-refractivity contribution in [2.75, 3.05) is 0 Å². The normalized spacial score (nSPS) is 10.9. The average Bonchev–Trinajstić information content (AvgIpc) is 2.78. The van der Waals surface area contributed by atoms with E-state index in [0.717, 1.165) is 10.9 Å². The molecule has 0 spiro atoms. The molecule has 0 unspecified atom stereocenters. The number of hydrogen-bond acceptors (Lipinski definition) is 4. The van der Waals surface area contributed by atoms with Crippen molar-refractivity contribution < 1.29 is 69.3 Å². The van der Waals surface area contributed by atoms with Crippen LogP contribution in [0.1, 0.15) is 5.56 Å². The van der Waals surface area contributed by atoms with Gasteiger partial charge in [-0.2, -0.15) is 5.10 Å². The van der Waals surface area contributed by atoms with Crippen molar-refractivity contribution in [1.82, 2.24) is 15.0 Å². The van der Waals surface area contributed by atoms with Crippen LogP contribution in [0.15, 0.2) is 30.5 Å². The van der Waals surface area contributed by atoms with Gasteiger partial charge < -0.3 is 12.9 Å². The summed E-state index contributed by atoms with van der Waals surface area (Å²) >= 11 is 0. The van der Waals surface area contributed by atoms with Crippen LogP contribution in [0.5, 0.6) is 0 Å². The summed E-state index contributed by atoms with van der Waals surface area (Å²) in [5.41, 5.74) is -0.500. The molecule has 1 aromatic heterocycles. The Morgan fingerprint density at radius 1 is 1.25 bits per heavy atom. The van der Waals surface area contributed by atoms with Crippen LogP contribution in [-0.2, 0) is 6.54 Å². The smallest absolute Gasteiger partial charge is 0.444 e. The SMILES string of the molecule is O=[N+]([O-])c1ccc(Cn2cc([B-](F)(F)F)nn2)cc1.[K+]. The predicted molar refractivity (Wildman–Crippen MR) is 60.9 cm³/mol. The van der Waals surface area contributed by atoms with Crippen LogP contribution < -0.4 is 57.0 Å². The Labute approximate surface area is 154 Å². The summed E-state index contributed by atoms with van der Waals surface area (Å²) < 4.78 is 38.1. The molecule has 2 rings (SSSR count). The number of aromatic nitrogens is 3. The number of benzene rings is 1. The van der Waals surface area contributed by atoms with Gasteiger partial charge in [-0.05, 0) is 5.56 Å². The molecule has 0 fully saturated rings.